The van der Waals surface area contributed by atoms with Crippen molar-refractivity contribution in [1.29, 1.82) is 0 Å². The van der Waals surface area contributed by atoms with Gasteiger partial charge in [0, 0.05) is 15.6 Å². The fourth-order valence-corrected chi connectivity index (χ4v) is 5.18. The molecular formula is C18H22F3NO. The summed E-state index contributed by atoms with van der Waals surface area (Å²) >= 11 is 0. The Morgan fingerprint density at radius 2 is 2.17 bits per heavy atom. The van der Waals surface area contributed by atoms with Crippen LogP contribution < -0.4 is 4.74 Å². The third-order valence-corrected chi connectivity index (χ3v) is 6.04. The molecule has 23 heavy (non-hydrogen) atoms. The van der Waals surface area contributed by atoms with Gasteiger partial charge in [-0.2, -0.15) is 0 Å². The number of halogens is 3. The molecule has 0 radical (unpaired) electrons. The van der Waals surface area contributed by atoms with Gasteiger partial charge in [0.1, 0.15) is 5.75 Å². The zero-order chi connectivity index (χ0) is 18.7. The average Bonchev–Trinajstić information content (AvgIpc) is 2.53. The van der Waals surface area contributed by atoms with Crippen LogP contribution in [0.4, 0.5) is 13.2 Å². The van der Waals surface area contributed by atoms with Gasteiger partial charge in [0.05, 0.1) is 0 Å². The van der Waals surface area contributed by atoms with Crippen LogP contribution in [0.3, 0.4) is 0 Å². The van der Waals surface area contributed by atoms with E-state index in [4.69, 9.17) is 4.11 Å². The third kappa shape index (κ3) is 2.44. The summed E-state index contributed by atoms with van der Waals surface area (Å²) in [5, 5.41) is 0. The number of rotatable bonds is 1. The van der Waals surface area contributed by atoms with E-state index in [-0.39, 0.29) is 23.1 Å². The fraction of sp³-hybridized carbons (Fsp3) is 0.667. The lowest BCUT2D eigenvalue weighted by atomic mass is 9.52. The van der Waals surface area contributed by atoms with Crippen LogP contribution in [-0.2, 0) is 11.8 Å². The topological polar surface area (TPSA) is 12.5 Å². The number of likely N-dealkylation sites (tertiary alicyclic amines) is 1. The molecule has 1 saturated heterocycles. The molecule has 2 nitrogen and oxygen atoms in total. The zero-order valence-corrected chi connectivity index (χ0v) is 12.8. The van der Waals surface area contributed by atoms with Crippen molar-refractivity contribution in [2.45, 2.75) is 56.3 Å². The van der Waals surface area contributed by atoms with Crippen molar-refractivity contribution in [2.24, 2.45) is 5.92 Å². The largest absolute Gasteiger partial charge is 0.573 e. The SMILES string of the molecule is [2H]C([2H])([2H])N1CC[C@]23CCCCC2[C@H]1Cc1ccc(OC(F)(F)F)cc13. The minimum Gasteiger partial charge on any atom is -0.406 e. The number of nitrogens with zero attached hydrogens (tertiary/aromatic N) is 1. The van der Waals surface area contributed by atoms with Crippen LogP contribution >= 0.6 is 0 Å². The smallest absolute Gasteiger partial charge is 0.406 e. The van der Waals surface area contributed by atoms with Crippen molar-refractivity contribution >= 4 is 0 Å². The van der Waals surface area contributed by atoms with Crippen LogP contribution in [0.1, 0.15) is 47.3 Å². The number of hydrogen-bond donors (Lipinski definition) is 0. The van der Waals surface area contributed by atoms with Crippen molar-refractivity contribution in [3.63, 3.8) is 0 Å². The maximum absolute atomic E-state index is 12.6. The van der Waals surface area contributed by atoms with E-state index >= 15 is 0 Å². The van der Waals surface area contributed by atoms with Crippen LogP contribution in [0.25, 0.3) is 0 Å². The standard InChI is InChI=1S/C18H22F3NO/c1-22-9-8-17-7-3-2-4-14(17)16(22)10-12-5-6-13(11-15(12)17)23-18(19,20)21/h5-6,11,14,16H,2-4,7-10H2,1H3/t14?,16-,17-/m1/s1/i1D3. The lowest BCUT2D eigenvalue weighted by Gasteiger charge is -2.58. The molecule has 1 heterocycles. The van der Waals surface area contributed by atoms with E-state index in [2.05, 4.69) is 4.74 Å². The van der Waals surface area contributed by atoms with Gasteiger partial charge < -0.3 is 9.64 Å². The Morgan fingerprint density at radius 3 is 2.96 bits per heavy atom. The highest BCUT2D eigenvalue weighted by atomic mass is 19.4. The van der Waals surface area contributed by atoms with E-state index in [0.717, 1.165) is 36.8 Å². The summed E-state index contributed by atoms with van der Waals surface area (Å²) in [6, 6.07) is 4.53. The molecule has 1 aromatic rings. The first-order valence-corrected chi connectivity index (χ1v) is 8.26. The Balaban J connectivity index is 1.78. The molecule has 0 aromatic heterocycles. The second-order valence-corrected chi connectivity index (χ2v) is 7.09. The molecular weight excluding hydrogens is 303 g/mol. The Labute approximate surface area is 138 Å². The summed E-state index contributed by atoms with van der Waals surface area (Å²) < 4.78 is 65.8. The predicted molar refractivity (Wildman–Crippen MR) is 81.5 cm³/mol. The molecule has 1 aliphatic heterocycles. The highest BCUT2D eigenvalue weighted by Gasteiger charge is 2.53. The van der Waals surface area contributed by atoms with E-state index in [1.165, 1.54) is 6.07 Å². The molecule has 5 heteroatoms. The molecule has 3 aliphatic rings. The molecule has 3 atom stereocenters. The normalized spacial score (nSPS) is 36.2. The highest BCUT2D eigenvalue weighted by Crippen LogP contribution is 2.56. The minimum absolute atomic E-state index is 0.0709. The summed E-state index contributed by atoms with van der Waals surface area (Å²) in [4.78, 5) is 1.64. The van der Waals surface area contributed by atoms with E-state index in [1.54, 1.807) is 17.0 Å². The molecule has 126 valence electrons. The lowest BCUT2D eigenvalue weighted by Crippen LogP contribution is -2.59. The van der Waals surface area contributed by atoms with Gasteiger partial charge in [-0.05, 0) is 68.4 Å². The van der Waals surface area contributed by atoms with Gasteiger partial charge in [-0.3, -0.25) is 0 Å². The van der Waals surface area contributed by atoms with Gasteiger partial charge in [-0.25, -0.2) is 0 Å². The molecule has 0 spiro atoms. The summed E-state index contributed by atoms with van der Waals surface area (Å²) in [5.74, 6) is 0.00529. The number of piperidine rings is 1. The molecule has 2 aliphatic carbocycles. The van der Waals surface area contributed by atoms with Crippen molar-refractivity contribution in [3.05, 3.63) is 29.3 Å². The maximum Gasteiger partial charge on any atom is 0.573 e. The minimum atomic E-state index is -4.71. The van der Waals surface area contributed by atoms with Gasteiger partial charge in [0.15, 0.2) is 0 Å². The van der Waals surface area contributed by atoms with Gasteiger partial charge in [0.2, 0.25) is 0 Å². The van der Waals surface area contributed by atoms with Crippen LogP contribution in [0.5, 0.6) is 5.75 Å². The molecule has 2 fully saturated rings. The second-order valence-electron chi connectivity index (χ2n) is 7.09. The van der Waals surface area contributed by atoms with Gasteiger partial charge in [0.25, 0.3) is 0 Å². The number of hydrogen-bond acceptors (Lipinski definition) is 2. The van der Waals surface area contributed by atoms with Crippen LogP contribution in [-0.4, -0.2) is 30.8 Å². The van der Waals surface area contributed by atoms with Gasteiger partial charge in [-0.15, -0.1) is 13.2 Å². The molecule has 2 bridgehead atoms. The van der Waals surface area contributed by atoms with Gasteiger partial charge >= 0.3 is 6.36 Å². The molecule has 1 aromatic carbocycles. The summed E-state index contributed by atoms with van der Waals surface area (Å²) in [5.41, 5.74) is 1.70. The fourth-order valence-electron chi connectivity index (χ4n) is 5.18. The van der Waals surface area contributed by atoms with E-state index in [0.29, 0.717) is 19.4 Å². The number of alkyl halides is 3. The van der Waals surface area contributed by atoms with E-state index in [1.807, 2.05) is 0 Å². The molecule has 0 N–H and O–H groups in total. The highest BCUT2D eigenvalue weighted by molar-refractivity contribution is 5.45. The van der Waals surface area contributed by atoms with Crippen molar-refractivity contribution < 1.29 is 22.0 Å². The maximum atomic E-state index is 12.6. The summed E-state index contributed by atoms with van der Waals surface area (Å²) in [6.45, 7) is -1.67. The van der Waals surface area contributed by atoms with Crippen molar-refractivity contribution in [3.8, 4) is 5.75 Å². The summed E-state index contributed by atoms with van der Waals surface area (Å²) in [6.07, 6.45) is 0.459. The molecule has 1 saturated carbocycles. The number of benzene rings is 1. The average molecular weight is 328 g/mol. The predicted octanol–water partition coefficient (Wildman–Crippen LogP) is 4.27. The Morgan fingerprint density at radius 1 is 1.30 bits per heavy atom. The zero-order valence-electron chi connectivity index (χ0n) is 15.8. The third-order valence-electron chi connectivity index (χ3n) is 6.04. The number of likely N-dealkylation sites (N-methyl/N-ethyl adjacent to an activating group) is 1. The number of fused-ring (bicyclic) bond motifs is 1. The van der Waals surface area contributed by atoms with E-state index in [9.17, 15) is 13.2 Å². The Hall–Kier alpha value is -1.23. The van der Waals surface area contributed by atoms with Crippen LogP contribution in [0, 0.1) is 5.92 Å². The first kappa shape index (κ1) is 12.2. The first-order valence-electron chi connectivity index (χ1n) is 9.76. The second kappa shape index (κ2) is 5.13. The monoisotopic (exact) mass is 328 g/mol. The van der Waals surface area contributed by atoms with Crippen molar-refractivity contribution in [1.82, 2.24) is 4.90 Å². The lowest BCUT2D eigenvalue weighted by molar-refractivity contribution is -0.274. The molecule has 0 amide bonds. The van der Waals surface area contributed by atoms with Crippen molar-refractivity contribution in [2.75, 3.05) is 13.5 Å². The number of ether oxygens (including phenoxy) is 1. The Bertz CT molecular complexity index is 706. The molecule has 1 unspecified atom stereocenters. The summed E-state index contributed by atoms with van der Waals surface area (Å²) in [7, 11) is 0. The van der Waals surface area contributed by atoms with Crippen LogP contribution in [0.2, 0.25) is 0 Å². The first-order chi connectivity index (χ1) is 12.1. The Kier molecular flexibility index (Phi) is 2.72. The van der Waals surface area contributed by atoms with Crippen LogP contribution in [0.15, 0.2) is 18.2 Å². The molecule has 4 rings (SSSR count). The quantitative estimate of drug-likeness (QED) is 0.763. The van der Waals surface area contributed by atoms with Gasteiger partial charge in [-0.1, -0.05) is 18.9 Å². The van der Waals surface area contributed by atoms with E-state index < -0.39 is 13.3 Å².